The predicted molar refractivity (Wildman–Crippen MR) is 87.6 cm³/mol. The number of hydrogen-bond donors (Lipinski definition) is 2. The van der Waals surface area contributed by atoms with Crippen LogP contribution in [0.1, 0.15) is 54.4 Å². The van der Waals surface area contributed by atoms with Crippen LogP contribution in [0.3, 0.4) is 0 Å². The van der Waals surface area contributed by atoms with E-state index >= 15 is 0 Å². The molecular formula is C18H32O5. The fourth-order valence-corrected chi connectivity index (χ4v) is 3.56. The van der Waals surface area contributed by atoms with Crippen LogP contribution in [-0.2, 0) is 14.3 Å². The van der Waals surface area contributed by atoms with E-state index in [4.69, 9.17) is 4.74 Å². The number of carbonyl (C=O) groups is 2. The van der Waals surface area contributed by atoms with Crippen molar-refractivity contribution < 1.29 is 24.5 Å². The third-order valence-electron chi connectivity index (χ3n) is 5.43. The molecule has 2 N–H and O–H groups in total. The zero-order valence-corrected chi connectivity index (χ0v) is 15.2. The summed E-state index contributed by atoms with van der Waals surface area (Å²) in [5.74, 6) is -2.41. The summed E-state index contributed by atoms with van der Waals surface area (Å²) in [6, 6.07) is 0. The highest BCUT2D eigenvalue weighted by Crippen LogP contribution is 2.29. The molecule has 1 aliphatic heterocycles. The molecule has 1 rings (SSSR count). The van der Waals surface area contributed by atoms with Gasteiger partial charge in [0.2, 0.25) is 0 Å². The molecule has 5 heteroatoms. The van der Waals surface area contributed by atoms with Crippen LogP contribution in [0.5, 0.6) is 0 Å². The minimum absolute atomic E-state index is 0.00203. The third kappa shape index (κ3) is 4.54. The Hall–Kier alpha value is -0.940. The van der Waals surface area contributed by atoms with Crippen LogP contribution >= 0.6 is 0 Å². The third-order valence-corrected chi connectivity index (χ3v) is 5.43. The first-order chi connectivity index (χ1) is 10.6. The molecule has 1 heterocycles. The second-order valence-electron chi connectivity index (χ2n) is 7.32. The maximum absolute atomic E-state index is 12.6. The molecule has 1 aliphatic rings. The Morgan fingerprint density at radius 3 is 2.09 bits per heavy atom. The summed E-state index contributed by atoms with van der Waals surface area (Å²) in [4.78, 5) is 24.9. The standard InChI is InChI=1S/C18H32O5/c1-7-14-11(4)17(21)12(5)15(19)9(2)8-10(3)16(20)13(6)18(22)23-14/h9-14,16-17,20-21H,7-8H2,1-6H3/t9-,10+,11+,12+,13-,14?,16+,17+/m1/s1. The van der Waals surface area contributed by atoms with Gasteiger partial charge in [0.15, 0.2) is 0 Å². The van der Waals surface area contributed by atoms with Gasteiger partial charge in [-0.05, 0) is 25.7 Å². The smallest absolute Gasteiger partial charge is 0.311 e. The fraction of sp³-hybridized carbons (Fsp3) is 0.889. The Labute approximate surface area is 139 Å². The average molecular weight is 328 g/mol. The summed E-state index contributed by atoms with van der Waals surface area (Å²) in [6.45, 7) is 10.7. The summed E-state index contributed by atoms with van der Waals surface area (Å²) in [5.41, 5.74) is 0. The number of ketones is 1. The predicted octanol–water partition coefficient (Wildman–Crippen LogP) is 2.18. The Morgan fingerprint density at radius 2 is 1.57 bits per heavy atom. The van der Waals surface area contributed by atoms with Gasteiger partial charge in [0.05, 0.1) is 18.1 Å². The van der Waals surface area contributed by atoms with Crippen molar-refractivity contribution in [3.63, 3.8) is 0 Å². The van der Waals surface area contributed by atoms with Crippen LogP contribution in [0.2, 0.25) is 0 Å². The number of esters is 1. The molecule has 0 bridgehead atoms. The Morgan fingerprint density at radius 1 is 1.00 bits per heavy atom. The van der Waals surface area contributed by atoms with E-state index < -0.39 is 36.1 Å². The van der Waals surface area contributed by atoms with Crippen LogP contribution in [0.25, 0.3) is 0 Å². The Bertz CT molecular complexity index is 422. The molecule has 23 heavy (non-hydrogen) atoms. The van der Waals surface area contributed by atoms with Crippen LogP contribution in [0.15, 0.2) is 0 Å². The van der Waals surface area contributed by atoms with Crippen molar-refractivity contribution in [3.8, 4) is 0 Å². The van der Waals surface area contributed by atoms with E-state index in [1.165, 1.54) is 0 Å². The van der Waals surface area contributed by atoms with Gasteiger partial charge in [0, 0.05) is 17.8 Å². The van der Waals surface area contributed by atoms with E-state index in [0.717, 1.165) is 0 Å². The number of Topliss-reactive ketones (excluding diaryl/α,β-unsaturated/α-hetero) is 1. The molecule has 1 fully saturated rings. The topological polar surface area (TPSA) is 83.8 Å². The first-order valence-electron chi connectivity index (χ1n) is 8.72. The lowest BCUT2D eigenvalue weighted by Gasteiger charge is -2.34. The van der Waals surface area contributed by atoms with Crippen molar-refractivity contribution in [1.82, 2.24) is 0 Å². The number of hydrogen-bond acceptors (Lipinski definition) is 5. The highest BCUT2D eigenvalue weighted by Gasteiger charge is 2.38. The largest absolute Gasteiger partial charge is 0.462 e. The van der Waals surface area contributed by atoms with Gasteiger partial charge in [-0.1, -0.05) is 34.6 Å². The molecule has 0 spiro atoms. The van der Waals surface area contributed by atoms with Gasteiger partial charge in [0.1, 0.15) is 11.9 Å². The highest BCUT2D eigenvalue weighted by molar-refractivity contribution is 5.83. The van der Waals surface area contributed by atoms with E-state index in [0.29, 0.717) is 12.8 Å². The molecule has 0 aromatic carbocycles. The molecule has 0 aromatic heterocycles. The lowest BCUT2D eigenvalue weighted by Crippen LogP contribution is -2.44. The Kier molecular flexibility index (Phi) is 7.21. The minimum Gasteiger partial charge on any atom is -0.462 e. The molecule has 134 valence electrons. The van der Waals surface area contributed by atoms with E-state index in [-0.39, 0.29) is 23.5 Å². The van der Waals surface area contributed by atoms with E-state index in [1.54, 1.807) is 20.8 Å². The van der Waals surface area contributed by atoms with Crippen molar-refractivity contribution in [1.29, 1.82) is 0 Å². The van der Waals surface area contributed by atoms with Gasteiger partial charge in [-0.2, -0.15) is 0 Å². The second kappa shape index (κ2) is 8.25. The lowest BCUT2D eigenvalue weighted by molar-refractivity contribution is -0.165. The second-order valence-corrected chi connectivity index (χ2v) is 7.32. The summed E-state index contributed by atoms with van der Waals surface area (Å²) < 4.78 is 5.53. The summed E-state index contributed by atoms with van der Waals surface area (Å²) in [5, 5.41) is 20.9. The molecule has 0 aliphatic carbocycles. The maximum Gasteiger partial charge on any atom is 0.311 e. The first-order valence-corrected chi connectivity index (χ1v) is 8.72. The van der Waals surface area contributed by atoms with Crippen molar-refractivity contribution in [3.05, 3.63) is 0 Å². The van der Waals surface area contributed by atoms with Crippen molar-refractivity contribution in [2.24, 2.45) is 29.6 Å². The van der Waals surface area contributed by atoms with Crippen molar-refractivity contribution >= 4 is 11.8 Å². The number of rotatable bonds is 1. The highest BCUT2D eigenvalue weighted by atomic mass is 16.5. The SMILES string of the molecule is CCC1OC(=O)[C@H](C)[C@@H](O)[C@@H](C)C[C@@H](C)C(=O)[C@H](C)[C@@H](O)[C@H]1C. The fourth-order valence-electron chi connectivity index (χ4n) is 3.56. The summed E-state index contributed by atoms with van der Waals surface area (Å²) in [7, 11) is 0. The Balaban J connectivity index is 3.14. The van der Waals surface area contributed by atoms with Gasteiger partial charge in [0.25, 0.3) is 0 Å². The van der Waals surface area contributed by atoms with Crippen LogP contribution in [-0.4, -0.2) is 40.3 Å². The van der Waals surface area contributed by atoms with Crippen LogP contribution < -0.4 is 0 Å². The lowest BCUT2D eigenvalue weighted by atomic mass is 9.78. The van der Waals surface area contributed by atoms with Gasteiger partial charge in [-0.15, -0.1) is 0 Å². The minimum atomic E-state index is -0.849. The zero-order chi connectivity index (χ0) is 17.9. The molecule has 0 saturated carbocycles. The van der Waals surface area contributed by atoms with Crippen LogP contribution in [0, 0.1) is 29.6 Å². The van der Waals surface area contributed by atoms with Gasteiger partial charge in [-0.3, -0.25) is 9.59 Å². The molecular weight excluding hydrogens is 296 g/mol. The quantitative estimate of drug-likeness (QED) is 0.721. The van der Waals surface area contributed by atoms with Gasteiger partial charge >= 0.3 is 5.97 Å². The van der Waals surface area contributed by atoms with Gasteiger partial charge in [-0.25, -0.2) is 0 Å². The van der Waals surface area contributed by atoms with Crippen molar-refractivity contribution in [2.75, 3.05) is 0 Å². The van der Waals surface area contributed by atoms with E-state index in [9.17, 15) is 19.8 Å². The molecule has 0 radical (unpaired) electrons. The molecule has 0 amide bonds. The zero-order valence-electron chi connectivity index (χ0n) is 15.2. The number of ether oxygens (including phenoxy) is 1. The van der Waals surface area contributed by atoms with Gasteiger partial charge < -0.3 is 14.9 Å². The summed E-state index contributed by atoms with van der Waals surface area (Å²) >= 11 is 0. The monoisotopic (exact) mass is 328 g/mol. The number of aliphatic hydroxyl groups excluding tert-OH is 2. The first kappa shape index (κ1) is 20.1. The normalized spacial score (nSPS) is 44.2. The molecule has 1 unspecified atom stereocenters. The van der Waals surface area contributed by atoms with E-state index in [2.05, 4.69) is 0 Å². The maximum atomic E-state index is 12.6. The van der Waals surface area contributed by atoms with Crippen LogP contribution in [0.4, 0.5) is 0 Å². The molecule has 8 atom stereocenters. The molecule has 0 aromatic rings. The number of aliphatic hydroxyl groups is 2. The van der Waals surface area contributed by atoms with Crippen molar-refractivity contribution in [2.45, 2.75) is 72.7 Å². The molecule has 1 saturated heterocycles. The average Bonchev–Trinajstić information content (AvgIpc) is 2.54. The number of cyclic esters (lactones) is 1. The molecule has 5 nitrogen and oxygen atoms in total. The van der Waals surface area contributed by atoms with E-state index in [1.807, 2.05) is 20.8 Å². The number of carbonyl (C=O) groups excluding carboxylic acids is 2. The summed E-state index contributed by atoms with van der Waals surface area (Å²) in [6.07, 6.45) is -1.12.